The Labute approximate surface area is 590 Å². The van der Waals surface area contributed by atoms with Gasteiger partial charge in [0.15, 0.2) is 23.0 Å². The topological polar surface area (TPSA) is 411 Å². The van der Waals surface area contributed by atoms with E-state index in [9.17, 15) is 45.3 Å². The molecule has 0 spiro atoms. The number of aliphatic hydroxyl groups excluding tert-OH is 1. The van der Waals surface area contributed by atoms with Gasteiger partial charge in [0.2, 0.25) is 47.1 Å². The Kier molecular flexibility index (Phi) is 17.4. The molecule has 4 saturated carbocycles. The summed E-state index contributed by atoms with van der Waals surface area (Å²) in [6, 6.07) is 8.93. The van der Waals surface area contributed by atoms with Crippen molar-refractivity contribution < 1.29 is 93.0 Å². The van der Waals surface area contributed by atoms with Gasteiger partial charge in [0.05, 0.1) is 10.0 Å². The Morgan fingerprint density at radius 1 is 0.529 bits per heavy atom. The molecule has 10 aliphatic rings. The SMILES string of the molecule is CC(C)(C)OC(=O)N[C@H]1C(=O)N[C@@H]2Cc3ccc(c(Cl)c3)Oc3cc4cc(c3O)Oc3ccc(cc3Cl)[C@@H](O)[C@@H]3NC(=O)[C@H](NC(=O)[C@@H]4NC(=O)[C@@H](NC2=O)c2cc(O)cc(c2)Oc2cc1ccc2O)c1ccc(O)c(c1)-c1c(O)cc(O)cc1[C@@H](C(=O)NC12CC4CC(CC(C4)C1)C2)NC3=O. The highest BCUT2D eigenvalue weighted by molar-refractivity contribution is 6.32. The minimum Gasteiger partial charge on any atom is -0.508 e. The summed E-state index contributed by atoms with van der Waals surface area (Å²) in [4.78, 5) is 122. The van der Waals surface area contributed by atoms with E-state index in [2.05, 4.69) is 42.5 Å². The summed E-state index contributed by atoms with van der Waals surface area (Å²) in [6.07, 6.45) is 1.39. The molecule has 29 heteroatoms. The quantitative estimate of drug-likeness (QED) is 0.0787. The van der Waals surface area contributed by atoms with Crippen molar-refractivity contribution in [2.24, 2.45) is 17.8 Å². The van der Waals surface area contributed by atoms with Crippen LogP contribution in [0.2, 0.25) is 10.0 Å². The third kappa shape index (κ3) is 13.4. The third-order valence-corrected chi connectivity index (χ3v) is 20.1. The van der Waals surface area contributed by atoms with E-state index in [-0.39, 0.29) is 83.1 Å². The molecule has 17 rings (SSSR count). The molecule has 6 heterocycles. The molecule has 0 radical (unpaired) electrons. The van der Waals surface area contributed by atoms with Gasteiger partial charge in [0, 0.05) is 35.2 Å². The number of phenols is 6. The van der Waals surface area contributed by atoms with E-state index in [1.165, 1.54) is 66.7 Å². The number of rotatable bonds is 3. The van der Waals surface area contributed by atoms with Crippen molar-refractivity contribution >= 4 is 70.6 Å². The van der Waals surface area contributed by atoms with Crippen LogP contribution in [0.1, 0.15) is 135 Å². The number of hydrogen-bond donors (Lipinski definition) is 15. The van der Waals surface area contributed by atoms with Crippen LogP contribution in [0.4, 0.5) is 4.79 Å². The summed E-state index contributed by atoms with van der Waals surface area (Å²) in [5.74, 6) is -12.7. The highest BCUT2D eigenvalue weighted by atomic mass is 35.5. The fourth-order valence-electron chi connectivity index (χ4n) is 15.4. The zero-order chi connectivity index (χ0) is 72.1. The second-order valence-corrected chi connectivity index (χ2v) is 28.9. The number of hydrogen-bond acceptors (Lipinski definition) is 19. The van der Waals surface area contributed by atoms with Crippen molar-refractivity contribution in [1.29, 1.82) is 0 Å². The molecule has 0 saturated heterocycles. The molecule has 15 N–H and O–H groups in total. The van der Waals surface area contributed by atoms with Crippen molar-refractivity contribution in [1.82, 2.24) is 42.5 Å². The highest BCUT2D eigenvalue weighted by Crippen LogP contribution is 2.56. The molecule has 8 atom stereocenters. The van der Waals surface area contributed by atoms with Crippen LogP contribution in [-0.4, -0.2) is 106 Å². The maximum absolute atomic E-state index is 16.1. The summed E-state index contributed by atoms with van der Waals surface area (Å²) < 4.78 is 24.3. The predicted molar refractivity (Wildman–Crippen MR) is 362 cm³/mol. The highest BCUT2D eigenvalue weighted by Gasteiger charge is 2.53. The molecular formula is C73H68Cl2N8O19. The molecule has 27 nitrogen and oxygen atoms in total. The molecule has 8 amide bonds. The average molecular weight is 1430 g/mol. The van der Waals surface area contributed by atoms with Crippen LogP contribution in [0.15, 0.2) is 115 Å². The smallest absolute Gasteiger partial charge is 0.408 e. The molecule has 4 fully saturated rings. The normalized spacial score (nSPS) is 25.8. The lowest BCUT2D eigenvalue weighted by atomic mass is 9.53. The van der Waals surface area contributed by atoms with E-state index in [0.29, 0.717) is 37.0 Å². The molecule has 528 valence electrons. The van der Waals surface area contributed by atoms with Gasteiger partial charge in [-0.25, -0.2) is 4.79 Å². The predicted octanol–water partition coefficient (Wildman–Crippen LogP) is 8.55. The largest absolute Gasteiger partial charge is 0.508 e. The lowest BCUT2D eigenvalue weighted by Crippen LogP contribution is -2.62. The minimum absolute atomic E-state index is 0.00185. The number of benzene rings is 7. The van der Waals surface area contributed by atoms with Crippen LogP contribution in [0.25, 0.3) is 11.1 Å². The number of carbonyl (C=O) groups excluding carboxylic acids is 8. The Bertz CT molecular complexity index is 4680. The average Bonchev–Trinajstić information content (AvgIpc) is 0.750. The third-order valence-electron chi connectivity index (χ3n) is 19.5. The van der Waals surface area contributed by atoms with Crippen LogP contribution in [-0.2, 0) is 44.7 Å². The summed E-state index contributed by atoms with van der Waals surface area (Å²) in [7, 11) is 0. The van der Waals surface area contributed by atoms with E-state index in [1.807, 2.05) is 0 Å². The Morgan fingerprint density at radius 3 is 1.75 bits per heavy atom. The number of halogens is 2. The van der Waals surface area contributed by atoms with Crippen molar-refractivity contribution in [3.63, 3.8) is 0 Å². The first kappa shape index (κ1) is 68.0. The number of carbonyl (C=O) groups is 8. The fourth-order valence-corrected chi connectivity index (χ4v) is 15.9. The van der Waals surface area contributed by atoms with Crippen LogP contribution < -0.4 is 56.7 Å². The van der Waals surface area contributed by atoms with Gasteiger partial charge in [-0.05, 0) is 195 Å². The van der Waals surface area contributed by atoms with Gasteiger partial charge < -0.3 is 97.2 Å². The van der Waals surface area contributed by atoms with Crippen LogP contribution in [0.3, 0.4) is 0 Å². The standard InChI is InChI=1S/C73H68Cl2N8O19/c1-72(2,3)102-71(98)82-57-35-6-9-48(87)52(21-35)99-41-18-37(17-39(84)24-41)58-67(94)79-59-38-22-53(100-50-10-4-30(15-44(50)74)16-46(64(91)77-58)76-65(57)92)63(90)54(23-38)101-51-11-7-36(20-45(51)75)62(89)61-69(96)80-60(70(97)83-73-27-31-12-32(28-73)14-33(13-31)29-73)43-25-40(85)26-49(88)55(43)42-19-34(5-8-47(42)86)56(66(93)81-61)78-68(59)95/h4-11,15,17-26,31-33,46,56-62,84-90H,12-14,16,27-29H2,1-3H3,(H,76,92)(H,77,91)(H,78,95)(H,79,94)(H,80,96)(H,81,93)(H,82,98)(H,83,97)/t31?,32?,33?,46-,56-,57-,58+,59-,60+,61+,62-,73?/m1/s1. The number of fused-ring (bicyclic) bond motifs is 14. The minimum atomic E-state index is -2.19. The van der Waals surface area contributed by atoms with Crippen molar-refractivity contribution in [2.75, 3.05) is 0 Å². The molecule has 0 aromatic heterocycles. The molecule has 4 aliphatic carbocycles. The number of alkyl carbamates (subject to hydrolysis) is 1. The van der Waals surface area contributed by atoms with Crippen LogP contribution in [0, 0.1) is 17.8 Å². The van der Waals surface area contributed by atoms with E-state index in [1.54, 1.807) is 20.8 Å². The van der Waals surface area contributed by atoms with Gasteiger partial charge in [-0.2, -0.15) is 0 Å². The Balaban J connectivity index is 0.934. The molecule has 7 aromatic rings. The zero-order valence-corrected chi connectivity index (χ0v) is 56.1. The molecule has 102 heavy (non-hydrogen) atoms. The molecule has 7 aromatic carbocycles. The molecular weight excluding hydrogens is 1360 g/mol. The monoisotopic (exact) mass is 1430 g/mol. The zero-order valence-electron chi connectivity index (χ0n) is 54.6. The Hall–Kier alpha value is -11.2. The summed E-state index contributed by atoms with van der Waals surface area (Å²) in [5, 5.41) is 104. The number of aromatic hydroxyl groups is 6. The Morgan fingerprint density at radius 2 is 1.10 bits per heavy atom. The van der Waals surface area contributed by atoms with E-state index in [4.69, 9.17) is 42.1 Å². The molecule has 21 bridgehead atoms. The van der Waals surface area contributed by atoms with Gasteiger partial charge in [-0.15, -0.1) is 0 Å². The number of nitrogens with one attached hydrogen (secondary N) is 8. The van der Waals surface area contributed by atoms with Gasteiger partial charge in [0.1, 0.15) is 94.2 Å². The number of aliphatic hydroxyl groups is 1. The maximum Gasteiger partial charge on any atom is 0.408 e. The van der Waals surface area contributed by atoms with E-state index < -0.39 is 159 Å². The molecule has 6 aliphatic heterocycles. The van der Waals surface area contributed by atoms with Crippen LogP contribution >= 0.6 is 23.2 Å². The first-order valence-corrected chi connectivity index (χ1v) is 33.6. The lowest BCUT2D eigenvalue weighted by molar-refractivity contribution is -0.138. The second kappa shape index (κ2) is 26.1. The van der Waals surface area contributed by atoms with Gasteiger partial charge >= 0.3 is 6.09 Å². The number of ether oxygens (including phenoxy) is 4. The summed E-state index contributed by atoms with van der Waals surface area (Å²) in [5.41, 5.74) is -3.30. The van der Waals surface area contributed by atoms with Gasteiger partial charge in [-0.3, -0.25) is 33.6 Å². The first-order valence-electron chi connectivity index (χ1n) is 32.8. The number of amides is 8. The fraction of sp³-hybridized carbons (Fsp3) is 0.315. The summed E-state index contributed by atoms with van der Waals surface area (Å²) >= 11 is 14.0. The van der Waals surface area contributed by atoms with Crippen LogP contribution in [0.5, 0.6) is 69.0 Å². The van der Waals surface area contributed by atoms with Crippen molar-refractivity contribution in [3.05, 3.63) is 164 Å². The van der Waals surface area contributed by atoms with Crippen molar-refractivity contribution in [3.8, 4) is 80.1 Å². The van der Waals surface area contributed by atoms with Gasteiger partial charge in [-0.1, -0.05) is 47.5 Å². The maximum atomic E-state index is 16.1. The first-order chi connectivity index (χ1) is 48.5. The van der Waals surface area contributed by atoms with E-state index >= 15 is 28.8 Å². The molecule has 0 unspecified atom stereocenters. The van der Waals surface area contributed by atoms with E-state index in [0.717, 1.165) is 67.8 Å². The summed E-state index contributed by atoms with van der Waals surface area (Å²) in [6.45, 7) is 4.75. The lowest BCUT2D eigenvalue weighted by Gasteiger charge is -2.57. The van der Waals surface area contributed by atoms with Crippen molar-refractivity contribution in [2.45, 2.75) is 125 Å². The number of phenolic OH excluding ortho intramolecular Hbond substituents is 6. The second-order valence-electron chi connectivity index (χ2n) is 28.0. The van der Waals surface area contributed by atoms with Gasteiger partial charge in [0.25, 0.3) is 0 Å².